The lowest BCUT2D eigenvalue weighted by Gasteiger charge is -2.10. The third-order valence-corrected chi connectivity index (χ3v) is 2.48. The van der Waals surface area contributed by atoms with Crippen molar-refractivity contribution in [3.05, 3.63) is 17.8 Å². The number of nitrogens with zero attached hydrogens (tertiary/aromatic N) is 1. The molecule has 5 heteroatoms. The monoisotopic (exact) mass is 249 g/mol. The largest absolute Gasteiger partial charge is 0.325 e. The predicted molar refractivity (Wildman–Crippen MR) is 71.4 cm³/mol. The van der Waals surface area contributed by atoms with E-state index in [4.69, 9.17) is 0 Å². The maximum atomic E-state index is 11.5. The van der Waals surface area contributed by atoms with Crippen LogP contribution < -0.4 is 10.6 Å². The Morgan fingerprint density at radius 3 is 2.50 bits per heavy atom. The fraction of sp³-hybridized carbons (Fsp3) is 0.462. The number of rotatable bonds is 4. The quantitative estimate of drug-likeness (QED) is 0.860. The van der Waals surface area contributed by atoms with Gasteiger partial charge in [0.1, 0.15) is 5.82 Å². The molecule has 0 saturated carbocycles. The Balaban J connectivity index is 2.79. The molecule has 1 heterocycles. The van der Waals surface area contributed by atoms with Crippen molar-refractivity contribution in [3.63, 3.8) is 0 Å². The smallest absolute Gasteiger partial charge is 0.228 e. The number of aryl methyl sites for hydroxylation is 1. The lowest BCUT2D eigenvalue weighted by atomic mass is 10.2. The lowest BCUT2D eigenvalue weighted by molar-refractivity contribution is -0.119. The molecule has 0 aliphatic carbocycles. The molecule has 0 spiro atoms. The third kappa shape index (κ3) is 3.84. The van der Waals surface area contributed by atoms with E-state index in [1.165, 1.54) is 0 Å². The molecule has 18 heavy (non-hydrogen) atoms. The van der Waals surface area contributed by atoms with Gasteiger partial charge in [-0.2, -0.15) is 0 Å². The van der Waals surface area contributed by atoms with Crippen LogP contribution >= 0.6 is 0 Å². The van der Waals surface area contributed by atoms with E-state index in [1.54, 1.807) is 19.2 Å². The van der Waals surface area contributed by atoms with Gasteiger partial charge in [0, 0.05) is 12.3 Å². The number of amides is 2. The van der Waals surface area contributed by atoms with Crippen molar-refractivity contribution in [2.45, 2.75) is 34.1 Å². The van der Waals surface area contributed by atoms with E-state index in [1.807, 2.05) is 20.8 Å². The topological polar surface area (TPSA) is 71.1 Å². The van der Waals surface area contributed by atoms with E-state index in [0.717, 1.165) is 5.56 Å². The maximum Gasteiger partial charge on any atom is 0.228 e. The zero-order valence-electron chi connectivity index (χ0n) is 11.2. The van der Waals surface area contributed by atoms with Crippen LogP contribution in [0.1, 0.15) is 32.8 Å². The highest BCUT2D eigenvalue weighted by Crippen LogP contribution is 2.17. The second-order valence-electron chi connectivity index (χ2n) is 4.43. The van der Waals surface area contributed by atoms with E-state index in [9.17, 15) is 9.59 Å². The molecule has 0 fully saturated rings. The summed E-state index contributed by atoms with van der Waals surface area (Å²) < 4.78 is 0. The first-order chi connectivity index (χ1) is 8.43. The van der Waals surface area contributed by atoms with E-state index in [2.05, 4.69) is 15.6 Å². The van der Waals surface area contributed by atoms with Crippen LogP contribution in [0.5, 0.6) is 0 Å². The van der Waals surface area contributed by atoms with Gasteiger partial charge < -0.3 is 10.6 Å². The molecule has 0 saturated heterocycles. The normalized spacial score (nSPS) is 10.3. The van der Waals surface area contributed by atoms with Crippen LogP contribution in [0.15, 0.2) is 12.3 Å². The summed E-state index contributed by atoms with van der Waals surface area (Å²) in [7, 11) is 0. The number of nitrogens with one attached hydrogen (secondary N) is 2. The van der Waals surface area contributed by atoms with Crippen molar-refractivity contribution in [1.29, 1.82) is 0 Å². The van der Waals surface area contributed by atoms with E-state index in [0.29, 0.717) is 17.9 Å². The zero-order chi connectivity index (χ0) is 13.7. The Kier molecular flexibility index (Phi) is 4.83. The van der Waals surface area contributed by atoms with Gasteiger partial charge >= 0.3 is 0 Å². The molecule has 1 aromatic rings. The SMILES string of the molecule is CCC(=O)Nc1cnc(NC(=O)C(C)C)cc1C. The minimum Gasteiger partial charge on any atom is -0.325 e. The van der Waals surface area contributed by atoms with E-state index >= 15 is 0 Å². The summed E-state index contributed by atoms with van der Waals surface area (Å²) in [6.07, 6.45) is 1.98. The van der Waals surface area contributed by atoms with Gasteiger partial charge in [0.15, 0.2) is 0 Å². The van der Waals surface area contributed by atoms with Crippen LogP contribution in [0.3, 0.4) is 0 Å². The molecule has 0 aliphatic heterocycles. The summed E-state index contributed by atoms with van der Waals surface area (Å²) in [5, 5.41) is 5.46. The van der Waals surface area contributed by atoms with Gasteiger partial charge in [0.05, 0.1) is 11.9 Å². The number of carbonyl (C=O) groups excluding carboxylic acids is 2. The summed E-state index contributed by atoms with van der Waals surface area (Å²) in [5.74, 6) is 0.276. The summed E-state index contributed by atoms with van der Waals surface area (Å²) in [4.78, 5) is 26.9. The number of hydrogen-bond acceptors (Lipinski definition) is 3. The summed E-state index contributed by atoms with van der Waals surface area (Å²) in [6, 6.07) is 1.74. The average Bonchev–Trinajstić information content (AvgIpc) is 2.32. The maximum absolute atomic E-state index is 11.5. The van der Waals surface area contributed by atoms with Crippen LogP contribution in [0.2, 0.25) is 0 Å². The molecule has 0 bridgehead atoms. The van der Waals surface area contributed by atoms with Crippen LogP contribution in [0.4, 0.5) is 11.5 Å². The fourth-order valence-electron chi connectivity index (χ4n) is 1.26. The highest BCUT2D eigenvalue weighted by Gasteiger charge is 2.09. The van der Waals surface area contributed by atoms with Crippen molar-refractivity contribution >= 4 is 23.3 Å². The molecule has 2 amide bonds. The fourth-order valence-corrected chi connectivity index (χ4v) is 1.26. The Hall–Kier alpha value is -1.91. The van der Waals surface area contributed by atoms with Crippen molar-refractivity contribution < 1.29 is 9.59 Å². The molecule has 2 N–H and O–H groups in total. The molecule has 0 unspecified atom stereocenters. The Morgan fingerprint density at radius 1 is 1.33 bits per heavy atom. The summed E-state index contributed by atoms with van der Waals surface area (Å²) in [5.41, 5.74) is 1.54. The van der Waals surface area contributed by atoms with Gasteiger partial charge in [0.2, 0.25) is 11.8 Å². The van der Waals surface area contributed by atoms with E-state index < -0.39 is 0 Å². The zero-order valence-corrected chi connectivity index (χ0v) is 11.2. The van der Waals surface area contributed by atoms with Crippen molar-refractivity contribution in [2.24, 2.45) is 5.92 Å². The first-order valence-electron chi connectivity index (χ1n) is 6.01. The van der Waals surface area contributed by atoms with Crippen LogP contribution in [-0.2, 0) is 9.59 Å². The van der Waals surface area contributed by atoms with Gasteiger partial charge in [-0.15, -0.1) is 0 Å². The van der Waals surface area contributed by atoms with Crippen molar-refractivity contribution in [3.8, 4) is 0 Å². The number of anilines is 2. The summed E-state index contributed by atoms with van der Waals surface area (Å²) in [6.45, 7) is 7.28. The van der Waals surface area contributed by atoms with E-state index in [-0.39, 0.29) is 17.7 Å². The number of pyridine rings is 1. The molecular weight excluding hydrogens is 230 g/mol. The van der Waals surface area contributed by atoms with Gasteiger partial charge in [-0.3, -0.25) is 9.59 Å². The molecule has 5 nitrogen and oxygen atoms in total. The second kappa shape index (κ2) is 6.14. The van der Waals surface area contributed by atoms with Crippen molar-refractivity contribution in [2.75, 3.05) is 10.6 Å². The van der Waals surface area contributed by atoms with Gasteiger partial charge in [-0.05, 0) is 18.6 Å². The Labute approximate surface area is 107 Å². The number of carbonyl (C=O) groups is 2. The molecule has 0 aliphatic rings. The van der Waals surface area contributed by atoms with Crippen LogP contribution in [0.25, 0.3) is 0 Å². The standard InChI is InChI=1S/C13H19N3O2/c1-5-12(17)15-10-7-14-11(6-9(10)4)16-13(18)8(2)3/h6-8H,5H2,1-4H3,(H,15,17)(H,14,16,18). The minimum absolute atomic E-state index is 0.0566. The van der Waals surface area contributed by atoms with Crippen LogP contribution in [-0.4, -0.2) is 16.8 Å². The number of hydrogen-bond donors (Lipinski definition) is 2. The molecule has 1 aromatic heterocycles. The predicted octanol–water partition coefficient (Wildman–Crippen LogP) is 2.33. The minimum atomic E-state index is -0.0911. The molecule has 0 atom stereocenters. The van der Waals surface area contributed by atoms with Crippen molar-refractivity contribution in [1.82, 2.24) is 4.98 Å². The molecule has 0 radical (unpaired) electrons. The number of aromatic nitrogens is 1. The third-order valence-electron chi connectivity index (χ3n) is 2.48. The molecule has 1 rings (SSSR count). The lowest BCUT2D eigenvalue weighted by Crippen LogP contribution is -2.19. The highest BCUT2D eigenvalue weighted by molar-refractivity contribution is 5.93. The van der Waals surface area contributed by atoms with Gasteiger partial charge in [0.25, 0.3) is 0 Å². The highest BCUT2D eigenvalue weighted by atomic mass is 16.2. The Bertz CT molecular complexity index is 456. The molecular formula is C13H19N3O2. The molecule has 98 valence electrons. The Morgan fingerprint density at radius 2 is 2.00 bits per heavy atom. The first kappa shape index (κ1) is 14.2. The average molecular weight is 249 g/mol. The van der Waals surface area contributed by atoms with Crippen LogP contribution in [0, 0.1) is 12.8 Å². The van der Waals surface area contributed by atoms with Gasteiger partial charge in [-0.1, -0.05) is 20.8 Å². The second-order valence-corrected chi connectivity index (χ2v) is 4.43. The first-order valence-corrected chi connectivity index (χ1v) is 6.01. The molecule has 0 aromatic carbocycles. The summed E-state index contributed by atoms with van der Waals surface area (Å²) >= 11 is 0. The van der Waals surface area contributed by atoms with Gasteiger partial charge in [-0.25, -0.2) is 4.98 Å².